The maximum atomic E-state index is 10.6. The van der Waals surface area contributed by atoms with Crippen LogP contribution in [0.2, 0.25) is 0 Å². The molecule has 2 rings (SSSR count). The third-order valence-corrected chi connectivity index (χ3v) is 8.56. The molecule has 0 saturated heterocycles. The third-order valence-electron chi connectivity index (χ3n) is 7.65. The number of hydrogen-bond acceptors (Lipinski definition) is 8. The van der Waals surface area contributed by atoms with E-state index in [-0.39, 0.29) is 37.1 Å². The molecule has 282 valence electrons. The van der Waals surface area contributed by atoms with Crippen LogP contribution in [0.5, 0.6) is 11.5 Å². The number of nitriles is 2. The monoisotopic (exact) mass is 742 g/mol. The van der Waals surface area contributed by atoms with Gasteiger partial charge in [-0.1, -0.05) is 71.6 Å². The molecule has 52 heavy (non-hydrogen) atoms. The van der Waals surface area contributed by atoms with Gasteiger partial charge in [0.05, 0.1) is 39.7 Å². The minimum absolute atomic E-state index is 0. The second kappa shape index (κ2) is 32.4. The molecule has 0 aliphatic rings. The van der Waals surface area contributed by atoms with Crippen LogP contribution in [-0.2, 0) is 9.36 Å². The van der Waals surface area contributed by atoms with E-state index < -0.39 is 7.14 Å². The Morgan fingerprint density at radius 3 is 1.40 bits per heavy atom. The average molecular weight is 743 g/mol. The summed E-state index contributed by atoms with van der Waals surface area (Å²) in [6, 6.07) is 16.4. The van der Waals surface area contributed by atoms with E-state index >= 15 is 0 Å². The number of unbranched alkanes of at least 4 members (excludes halogenated alkanes) is 4. The zero-order valence-electron chi connectivity index (χ0n) is 34.6. The summed E-state index contributed by atoms with van der Waals surface area (Å²) in [7, 11) is 1.34. The van der Waals surface area contributed by atoms with Gasteiger partial charge in [0.15, 0.2) is 0 Å². The van der Waals surface area contributed by atoms with Crippen molar-refractivity contribution < 1.29 is 49.8 Å². The fourth-order valence-corrected chi connectivity index (χ4v) is 5.12. The molecule has 0 N–H and O–H groups in total. The minimum Gasteiger partial charge on any atom is -1.00 e. The van der Waals surface area contributed by atoms with Gasteiger partial charge in [0.2, 0.25) is 0 Å². The Morgan fingerprint density at radius 2 is 1.12 bits per heavy atom. The largest absolute Gasteiger partial charge is 1.00 e. The van der Waals surface area contributed by atoms with Gasteiger partial charge in [-0.3, -0.25) is 4.79 Å². The van der Waals surface area contributed by atoms with Gasteiger partial charge < -0.3 is 25.3 Å². The van der Waals surface area contributed by atoms with Gasteiger partial charge >= 0.3 is 29.6 Å². The molecule has 0 atom stereocenters. The summed E-state index contributed by atoms with van der Waals surface area (Å²) >= 11 is 0. The quantitative estimate of drug-likeness (QED) is 0.0319. The molecule has 2 aromatic rings. The van der Waals surface area contributed by atoms with Crippen LogP contribution in [0.15, 0.2) is 60.7 Å². The number of nitrogens with zero attached hydrogens (tertiary/aromatic N) is 4. The van der Waals surface area contributed by atoms with Crippen LogP contribution in [-0.4, -0.2) is 66.2 Å². The molecule has 0 fully saturated rings. The van der Waals surface area contributed by atoms with E-state index in [1.165, 1.54) is 74.9 Å². The van der Waals surface area contributed by atoms with E-state index in [4.69, 9.17) is 20.0 Å². The third kappa shape index (κ3) is 23.3. The van der Waals surface area contributed by atoms with Gasteiger partial charge in [0.1, 0.15) is 17.8 Å². The van der Waals surface area contributed by atoms with Crippen molar-refractivity contribution in [2.45, 2.75) is 79.1 Å². The van der Waals surface area contributed by atoms with E-state index in [1.807, 2.05) is 30.4 Å². The molecule has 0 aromatic heterocycles. The van der Waals surface area contributed by atoms with Crippen LogP contribution >= 0.6 is 7.14 Å². The van der Waals surface area contributed by atoms with Crippen LogP contribution in [0, 0.1) is 22.7 Å². The standard InChI is InChI=1S/C20H28N2O.C18H27NO2.C4H8NOP.Na.H/c1-4-6-15-22(16-7-5-2)19-13-12-18(20(17-19)23-3)11-9-8-10-14-21;1-4-6-12-19(13-7-5-2)17-11-10-16(9-8-14-20)18(15-17)21-3;1-7(2,6)4-3-5;;/h8-13,17H,4-7,15-16H2,1-3H3;8-11,14-15H,4-7,12-13H2,1-3H3;4H2,1-2H3;;/q;;;+1;-1/b10-8?,11-9+;9-8+;;;. The molecule has 0 amide bonds. The minimum atomic E-state index is -2.03. The molecule has 0 saturated carbocycles. The summed E-state index contributed by atoms with van der Waals surface area (Å²) in [5.41, 5.74) is 4.36. The van der Waals surface area contributed by atoms with Crippen molar-refractivity contribution in [3.63, 3.8) is 0 Å². The first kappa shape index (κ1) is 50.8. The molecule has 0 unspecified atom stereocenters. The number of hydrogen-bond donors (Lipinski definition) is 0. The second-order valence-electron chi connectivity index (χ2n) is 12.5. The van der Waals surface area contributed by atoms with Crippen LogP contribution in [0.4, 0.5) is 11.4 Å². The topological polar surface area (TPSA) is 107 Å². The van der Waals surface area contributed by atoms with E-state index in [0.29, 0.717) is 0 Å². The van der Waals surface area contributed by atoms with Crippen molar-refractivity contribution in [1.82, 2.24) is 0 Å². The van der Waals surface area contributed by atoms with E-state index in [2.05, 4.69) is 67.8 Å². The summed E-state index contributed by atoms with van der Waals surface area (Å²) in [4.78, 5) is 15.3. The first-order chi connectivity index (χ1) is 24.6. The molecular formula is C42H64N4NaO4P. The Kier molecular flexibility index (Phi) is 31.7. The molecule has 2 aromatic carbocycles. The van der Waals surface area contributed by atoms with Crippen LogP contribution in [0.25, 0.3) is 12.2 Å². The molecular weight excluding hydrogens is 678 g/mol. The molecule has 0 bridgehead atoms. The number of methoxy groups -OCH3 is 2. The van der Waals surface area contributed by atoms with Crippen molar-refractivity contribution in [3.05, 3.63) is 71.8 Å². The number of benzene rings is 2. The second-order valence-corrected chi connectivity index (χ2v) is 15.9. The normalized spacial score (nSPS) is 10.7. The maximum Gasteiger partial charge on any atom is 1.00 e. The van der Waals surface area contributed by atoms with Crippen LogP contribution in [0.1, 0.15) is 91.6 Å². The van der Waals surface area contributed by atoms with Crippen molar-refractivity contribution in [3.8, 4) is 23.6 Å². The Balaban J connectivity index is -0.000000777. The number of allylic oxidation sites excluding steroid dienone is 4. The first-order valence-corrected chi connectivity index (χ1v) is 21.0. The number of anilines is 2. The van der Waals surface area contributed by atoms with Gasteiger partial charge in [-0.05, 0) is 75.4 Å². The van der Waals surface area contributed by atoms with Crippen molar-refractivity contribution in [2.75, 3.05) is 69.7 Å². The Hall–Kier alpha value is -3.26. The molecule has 0 aliphatic heterocycles. The number of ether oxygens (including phenoxy) is 2. The number of rotatable bonds is 21. The molecule has 8 nitrogen and oxygen atoms in total. The Labute approximate surface area is 339 Å². The van der Waals surface area contributed by atoms with E-state index in [9.17, 15) is 9.36 Å². The molecule has 10 heteroatoms. The smallest absolute Gasteiger partial charge is 1.00 e. The van der Waals surface area contributed by atoms with Crippen LogP contribution in [0.3, 0.4) is 0 Å². The van der Waals surface area contributed by atoms with Gasteiger partial charge in [-0.2, -0.15) is 10.5 Å². The fourth-order valence-electron chi connectivity index (χ4n) is 4.78. The Bertz CT molecular complexity index is 1460. The zero-order chi connectivity index (χ0) is 38.3. The summed E-state index contributed by atoms with van der Waals surface area (Å²) in [6.45, 7) is 16.4. The average Bonchev–Trinajstić information content (AvgIpc) is 3.12. The van der Waals surface area contributed by atoms with Gasteiger partial charge in [0.25, 0.3) is 0 Å². The SMILES string of the molecule is CCCCN(CCCC)c1ccc(/C=C/C=CC#N)c(OC)c1.CCCCN(CCCC)c1ccc(/C=C/C=O)c(OC)c1.CP(C)(=O)CC#N.[H-].[Na+]. The summed E-state index contributed by atoms with van der Waals surface area (Å²) in [5, 5.41) is 16.5. The van der Waals surface area contributed by atoms with Crippen molar-refractivity contribution >= 4 is 37.0 Å². The van der Waals surface area contributed by atoms with Crippen LogP contribution < -0.4 is 48.8 Å². The first-order valence-electron chi connectivity index (χ1n) is 18.2. The number of carbonyl (C=O) groups excluding carboxylic acids is 1. The molecule has 0 aliphatic carbocycles. The van der Waals surface area contributed by atoms with E-state index in [1.54, 1.807) is 39.7 Å². The number of carbonyl (C=O) groups is 1. The molecule has 0 spiro atoms. The molecule has 0 heterocycles. The summed E-state index contributed by atoms with van der Waals surface area (Å²) in [6.07, 6.45) is 20.8. The molecule has 0 radical (unpaired) electrons. The van der Waals surface area contributed by atoms with Crippen molar-refractivity contribution in [2.24, 2.45) is 0 Å². The van der Waals surface area contributed by atoms with Gasteiger partial charge in [-0.15, -0.1) is 0 Å². The van der Waals surface area contributed by atoms with Gasteiger partial charge in [0, 0.05) is 66.9 Å². The van der Waals surface area contributed by atoms with Gasteiger partial charge in [-0.25, -0.2) is 0 Å². The zero-order valence-corrected chi connectivity index (χ0v) is 36.5. The van der Waals surface area contributed by atoms with E-state index in [0.717, 1.165) is 55.1 Å². The predicted molar refractivity (Wildman–Crippen MR) is 220 cm³/mol. The fraction of sp³-hybridized carbons (Fsp3) is 0.500. The van der Waals surface area contributed by atoms with Crippen molar-refractivity contribution in [1.29, 1.82) is 10.5 Å². The predicted octanol–water partition coefficient (Wildman–Crippen LogP) is 7.76. The maximum absolute atomic E-state index is 10.6. The number of aldehydes is 1. The summed E-state index contributed by atoms with van der Waals surface area (Å²) in [5.74, 6) is 1.67. The summed E-state index contributed by atoms with van der Waals surface area (Å²) < 4.78 is 21.6. The Morgan fingerprint density at radius 1 is 0.712 bits per heavy atom.